The molecule has 3 aromatic rings. The zero-order valence-electron chi connectivity index (χ0n) is 15.6. The molecule has 2 aromatic carbocycles. The molecule has 3 N–H and O–H groups in total. The van der Waals surface area contributed by atoms with E-state index in [1.807, 2.05) is 6.07 Å². The predicted molar refractivity (Wildman–Crippen MR) is 118 cm³/mol. The van der Waals surface area contributed by atoms with Gasteiger partial charge in [-0.15, -0.1) is 17.9 Å². The van der Waals surface area contributed by atoms with Gasteiger partial charge in [-0.05, 0) is 23.8 Å². The lowest BCUT2D eigenvalue weighted by atomic mass is 10.2. The lowest BCUT2D eigenvalue weighted by molar-refractivity contribution is 0.102. The number of amides is 1. The number of primary sulfonamides is 1. The van der Waals surface area contributed by atoms with Crippen molar-refractivity contribution in [1.82, 2.24) is 0 Å². The third-order valence-electron chi connectivity index (χ3n) is 4.08. The van der Waals surface area contributed by atoms with Crippen molar-refractivity contribution in [1.29, 1.82) is 0 Å². The first-order chi connectivity index (χ1) is 14.1. The molecule has 30 heavy (non-hydrogen) atoms. The van der Waals surface area contributed by atoms with Crippen LogP contribution >= 0.6 is 11.3 Å². The van der Waals surface area contributed by atoms with Crippen LogP contribution < -0.4 is 10.5 Å². The van der Waals surface area contributed by atoms with Crippen LogP contribution in [-0.4, -0.2) is 28.5 Å². The van der Waals surface area contributed by atoms with Crippen LogP contribution in [0.2, 0.25) is 0 Å². The standard InChI is InChI=1S/C20H18N2O5S3/c1-2-12-29(24,25)18-13-16(14-8-4-3-5-9-14)28-19(18)20(23)22-15-10-6-7-11-17(15)30(21,26)27/h2-11,13H,1,12H2,(H,22,23)(H2,21,26,27). The molecule has 0 saturated heterocycles. The minimum atomic E-state index is -4.09. The molecule has 10 heteroatoms. The molecule has 1 heterocycles. The van der Waals surface area contributed by atoms with Crippen molar-refractivity contribution in [2.24, 2.45) is 5.14 Å². The Hall–Kier alpha value is -2.79. The second-order valence-electron chi connectivity index (χ2n) is 6.24. The molecule has 0 aliphatic rings. The van der Waals surface area contributed by atoms with Crippen molar-refractivity contribution >= 4 is 42.8 Å². The fourth-order valence-corrected chi connectivity index (χ4v) is 6.14. The van der Waals surface area contributed by atoms with Crippen LogP contribution in [0, 0.1) is 0 Å². The summed E-state index contributed by atoms with van der Waals surface area (Å²) < 4.78 is 49.0. The van der Waals surface area contributed by atoms with Gasteiger partial charge in [0.05, 0.1) is 16.3 Å². The van der Waals surface area contributed by atoms with Gasteiger partial charge < -0.3 is 5.32 Å². The molecule has 0 spiro atoms. The molecule has 0 atom stereocenters. The molecule has 0 unspecified atom stereocenters. The lowest BCUT2D eigenvalue weighted by Gasteiger charge is -2.09. The Balaban J connectivity index is 2.10. The fourth-order valence-electron chi connectivity index (χ4n) is 2.75. The number of sulfonamides is 1. The third-order valence-corrected chi connectivity index (χ3v) is 8.02. The van der Waals surface area contributed by atoms with Crippen LogP contribution in [0.4, 0.5) is 5.69 Å². The molecule has 0 aliphatic heterocycles. The molecule has 0 fully saturated rings. The number of nitrogens with one attached hydrogen (secondary N) is 1. The third kappa shape index (κ3) is 4.68. The normalized spacial score (nSPS) is 11.8. The molecular formula is C20H18N2O5S3. The average molecular weight is 463 g/mol. The number of rotatable bonds is 7. The van der Waals surface area contributed by atoms with Crippen LogP contribution in [0.5, 0.6) is 0 Å². The number of hydrogen-bond donors (Lipinski definition) is 2. The van der Waals surface area contributed by atoms with Gasteiger partial charge in [-0.3, -0.25) is 4.79 Å². The van der Waals surface area contributed by atoms with Crippen molar-refractivity contribution in [2.75, 3.05) is 11.1 Å². The lowest BCUT2D eigenvalue weighted by Crippen LogP contribution is -2.19. The second kappa shape index (κ2) is 8.52. The topological polar surface area (TPSA) is 123 Å². The van der Waals surface area contributed by atoms with E-state index >= 15 is 0 Å². The first-order valence-electron chi connectivity index (χ1n) is 8.59. The van der Waals surface area contributed by atoms with E-state index in [0.717, 1.165) is 16.9 Å². The first kappa shape index (κ1) is 21.9. The molecule has 1 amide bonds. The summed E-state index contributed by atoms with van der Waals surface area (Å²) in [7, 11) is -7.90. The molecule has 1 aromatic heterocycles. The Morgan fingerprint density at radius 1 is 1.00 bits per heavy atom. The number of sulfone groups is 1. The van der Waals surface area contributed by atoms with Crippen LogP contribution in [0.15, 0.2) is 83.1 Å². The van der Waals surface area contributed by atoms with Gasteiger partial charge in [0, 0.05) is 4.88 Å². The number of nitrogens with two attached hydrogens (primary N) is 1. The Bertz CT molecular complexity index is 1310. The summed E-state index contributed by atoms with van der Waals surface area (Å²) in [6.45, 7) is 3.46. The van der Waals surface area contributed by atoms with Crippen molar-refractivity contribution in [3.8, 4) is 10.4 Å². The second-order valence-corrected chi connectivity index (χ2v) is 10.8. The number of anilines is 1. The van der Waals surface area contributed by atoms with Crippen LogP contribution in [0.25, 0.3) is 10.4 Å². The highest BCUT2D eigenvalue weighted by Crippen LogP contribution is 2.35. The van der Waals surface area contributed by atoms with Gasteiger partial charge in [0.2, 0.25) is 10.0 Å². The van der Waals surface area contributed by atoms with E-state index in [1.54, 1.807) is 24.3 Å². The maximum absolute atomic E-state index is 13.0. The molecule has 0 saturated carbocycles. The monoisotopic (exact) mass is 462 g/mol. The number of carbonyl (C=O) groups is 1. The summed E-state index contributed by atoms with van der Waals surface area (Å²) in [6.07, 6.45) is 1.24. The fraction of sp³-hybridized carbons (Fsp3) is 0.0500. The Kier molecular flexibility index (Phi) is 6.22. The van der Waals surface area contributed by atoms with Crippen LogP contribution in [0.1, 0.15) is 9.67 Å². The number of carbonyl (C=O) groups excluding carboxylic acids is 1. The number of thiophene rings is 1. The van der Waals surface area contributed by atoms with Gasteiger partial charge in [-0.2, -0.15) is 0 Å². The summed E-state index contributed by atoms with van der Waals surface area (Å²) in [5.74, 6) is -1.09. The van der Waals surface area contributed by atoms with Crippen LogP contribution in [-0.2, 0) is 19.9 Å². The van der Waals surface area contributed by atoms with Crippen molar-refractivity contribution < 1.29 is 21.6 Å². The Labute approximate surface area is 178 Å². The van der Waals surface area contributed by atoms with Gasteiger partial charge in [-0.25, -0.2) is 22.0 Å². The Morgan fingerprint density at radius 3 is 2.27 bits per heavy atom. The maximum atomic E-state index is 13.0. The van der Waals surface area contributed by atoms with E-state index in [9.17, 15) is 21.6 Å². The summed E-state index contributed by atoms with van der Waals surface area (Å²) >= 11 is 1.000. The smallest absolute Gasteiger partial charge is 0.267 e. The molecule has 3 rings (SSSR count). The molecular weight excluding hydrogens is 444 g/mol. The molecule has 156 valence electrons. The number of benzene rings is 2. The first-order valence-corrected chi connectivity index (χ1v) is 12.6. The largest absolute Gasteiger partial charge is 0.320 e. The van der Waals surface area contributed by atoms with E-state index in [0.29, 0.717) is 4.88 Å². The van der Waals surface area contributed by atoms with E-state index in [1.165, 1.54) is 36.4 Å². The van der Waals surface area contributed by atoms with Gasteiger partial charge in [-0.1, -0.05) is 48.5 Å². The van der Waals surface area contributed by atoms with Crippen LogP contribution in [0.3, 0.4) is 0 Å². The zero-order valence-corrected chi connectivity index (χ0v) is 18.1. The van der Waals surface area contributed by atoms with Gasteiger partial charge >= 0.3 is 0 Å². The summed E-state index contributed by atoms with van der Waals surface area (Å²) in [5.41, 5.74) is 0.716. The zero-order chi connectivity index (χ0) is 21.9. The average Bonchev–Trinajstić information content (AvgIpc) is 3.15. The molecule has 0 aliphatic carbocycles. The minimum absolute atomic E-state index is 0.0354. The summed E-state index contributed by atoms with van der Waals surface area (Å²) in [5, 5.41) is 7.68. The summed E-state index contributed by atoms with van der Waals surface area (Å²) in [6, 6.07) is 16.1. The highest BCUT2D eigenvalue weighted by molar-refractivity contribution is 7.91. The van der Waals surface area contributed by atoms with Gasteiger partial charge in [0.1, 0.15) is 9.77 Å². The maximum Gasteiger partial charge on any atom is 0.267 e. The van der Waals surface area contributed by atoms with E-state index in [2.05, 4.69) is 11.9 Å². The quantitative estimate of drug-likeness (QED) is 0.522. The minimum Gasteiger partial charge on any atom is -0.320 e. The number of hydrogen-bond acceptors (Lipinski definition) is 6. The van der Waals surface area contributed by atoms with Crippen molar-refractivity contribution in [3.63, 3.8) is 0 Å². The van der Waals surface area contributed by atoms with E-state index in [-0.39, 0.29) is 26.1 Å². The highest BCUT2D eigenvalue weighted by Gasteiger charge is 2.27. The molecule has 7 nitrogen and oxygen atoms in total. The molecule has 0 bridgehead atoms. The van der Waals surface area contributed by atoms with E-state index < -0.39 is 25.8 Å². The SMILES string of the molecule is C=CCS(=O)(=O)c1cc(-c2ccccc2)sc1C(=O)Nc1ccccc1S(N)(=O)=O. The van der Waals surface area contributed by atoms with Gasteiger partial charge in [0.15, 0.2) is 9.84 Å². The predicted octanol–water partition coefficient (Wildman–Crippen LogP) is 3.27. The van der Waals surface area contributed by atoms with Gasteiger partial charge in [0.25, 0.3) is 5.91 Å². The Morgan fingerprint density at radius 2 is 1.63 bits per heavy atom. The molecule has 0 radical (unpaired) electrons. The summed E-state index contributed by atoms with van der Waals surface area (Å²) in [4.78, 5) is 13.1. The van der Waals surface area contributed by atoms with Crippen molar-refractivity contribution in [3.05, 3.63) is 78.2 Å². The van der Waals surface area contributed by atoms with Crippen molar-refractivity contribution in [2.45, 2.75) is 9.79 Å². The highest BCUT2D eigenvalue weighted by atomic mass is 32.2. The van der Waals surface area contributed by atoms with E-state index in [4.69, 9.17) is 5.14 Å². The number of para-hydroxylation sites is 1.